The van der Waals surface area contributed by atoms with Gasteiger partial charge in [-0.25, -0.2) is 0 Å². The Kier molecular flexibility index (Phi) is 1.10. The maximum Gasteiger partial charge on any atom is 0.174 e. The molecule has 10 heavy (non-hydrogen) atoms. The molecule has 50 valence electrons. The largest absolute Gasteiger partial charge is 0.308 e. The van der Waals surface area contributed by atoms with E-state index in [9.17, 15) is 0 Å². The lowest BCUT2D eigenvalue weighted by molar-refractivity contribution is 0.524. The summed E-state index contributed by atoms with van der Waals surface area (Å²) >= 11 is 0. The topological polar surface area (TPSA) is 40.3 Å². The summed E-state index contributed by atoms with van der Waals surface area (Å²) in [6, 6.07) is 0. The fraction of sp³-hybridized carbons (Fsp3) is 0.167. The smallest absolute Gasteiger partial charge is 0.174 e. The zero-order valence-corrected chi connectivity index (χ0v) is 5.31. The number of rotatable bonds is 0. The molecule has 2 aliphatic heterocycles. The maximum absolute atomic E-state index is 3.94. The minimum Gasteiger partial charge on any atom is -0.308 e. The molecule has 0 N–H and O–H groups in total. The third kappa shape index (κ3) is 0.737. The molecule has 0 aromatic carbocycles. The molecule has 2 heterocycles. The van der Waals surface area contributed by atoms with Crippen molar-refractivity contribution in [2.75, 3.05) is 6.67 Å². The third-order valence-corrected chi connectivity index (χ3v) is 1.31. The standard InChI is InChI=1S/C6H6N4/c1-2-7-4-6-9-8-5-10(6)3-1/h1-4H,5H2. The van der Waals surface area contributed by atoms with Gasteiger partial charge in [-0.2, -0.15) is 5.11 Å². The molecule has 0 unspecified atom stereocenters. The highest BCUT2D eigenvalue weighted by Crippen LogP contribution is 2.15. The summed E-state index contributed by atoms with van der Waals surface area (Å²) in [6.45, 7) is 0.617. The molecular formula is C6H6N4. The number of nitrogens with zero attached hydrogens (tertiary/aromatic N) is 4. The Morgan fingerprint density at radius 3 is 3.50 bits per heavy atom. The average molecular weight is 134 g/mol. The number of aliphatic imine (C=N–C) groups is 1. The first-order valence-corrected chi connectivity index (χ1v) is 3.01. The summed E-state index contributed by atoms with van der Waals surface area (Å²) in [5, 5.41) is 7.69. The Hall–Kier alpha value is -1.45. The Balaban J connectivity index is 2.36. The van der Waals surface area contributed by atoms with Crippen molar-refractivity contribution < 1.29 is 0 Å². The van der Waals surface area contributed by atoms with Crippen LogP contribution in [0.1, 0.15) is 0 Å². The van der Waals surface area contributed by atoms with E-state index in [1.54, 1.807) is 12.4 Å². The van der Waals surface area contributed by atoms with Crippen LogP contribution in [0.15, 0.2) is 39.5 Å². The fourth-order valence-electron chi connectivity index (χ4n) is 0.827. The van der Waals surface area contributed by atoms with Gasteiger partial charge in [-0.15, -0.1) is 5.11 Å². The van der Waals surface area contributed by atoms with Crippen LogP contribution in [0.5, 0.6) is 0 Å². The van der Waals surface area contributed by atoms with Gasteiger partial charge in [-0.3, -0.25) is 4.99 Å². The molecule has 0 aromatic heterocycles. The van der Waals surface area contributed by atoms with Gasteiger partial charge in [0, 0.05) is 12.4 Å². The van der Waals surface area contributed by atoms with Crippen LogP contribution < -0.4 is 0 Å². The van der Waals surface area contributed by atoms with Gasteiger partial charge in [0.15, 0.2) is 5.82 Å². The average Bonchev–Trinajstić information content (AvgIpc) is 2.28. The Morgan fingerprint density at radius 2 is 2.50 bits per heavy atom. The molecule has 0 saturated heterocycles. The van der Waals surface area contributed by atoms with E-state index in [1.807, 2.05) is 17.2 Å². The number of hydrogen-bond donors (Lipinski definition) is 0. The first-order valence-electron chi connectivity index (χ1n) is 3.01. The molecule has 0 fully saturated rings. The van der Waals surface area contributed by atoms with E-state index in [4.69, 9.17) is 0 Å². The van der Waals surface area contributed by atoms with Crippen molar-refractivity contribution in [2.45, 2.75) is 0 Å². The van der Waals surface area contributed by atoms with Gasteiger partial charge in [0.1, 0.15) is 6.67 Å². The van der Waals surface area contributed by atoms with Crippen molar-refractivity contribution in [3.63, 3.8) is 0 Å². The molecule has 0 bridgehead atoms. The molecule has 2 aliphatic rings. The van der Waals surface area contributed by atoms with E-state index in [-0.39, 0.29) is 0 Å². The van der Waals surface area contributed by atoms with E-state index in [0.717, 1.165) is 5.82 Å². The first-order chi connectivity index (χ1) is 4.97. The Labute approximate surface area is 58.3 Å². The quantitative estimate of drug-likeness (QED) is 0.489. The normalized spacial score (nSPS) is 20.8. The zero-order valence-electron chi connectivity index (χ0n) is 5.31. The number of fused-ring (bicyclic) bond motifs is 1. The Bertz CT molecular complexity index is 248. The van der Waals surface area contributed by atoms with Crippen molar-refractivity contribution in [2.24, 2.45) is 15.2 Å². The minimum absolute atomic E-state index is 0.617. The van der Waals surface area contributed by atoms with Gasteiger partial charge >= 0.3 is 0 Å². The number of hydrogen-bond acceptors (Lipinski definition) is 4. The second kappa shape index (κ2) is 2.06. The summed E-state index contributed by atoms with van der Waals surface area (Å²) in [4.78, 5) is 5.87. The molecule has 0 spiro atoms. The highest BCUT2D eigenvalue weighted by molar-refractivity contribution is 5.72. The van der Waals surface area contributed by atoms with E-state index in [0.29, 0.717) is 6.67 Å². The molecule has 0 amide bonds. The van der Waals surface area contributed by atoms with E-state index >= 15 is 0 Å². The van der Waals surface area contributed by atoms with E-state index in [2.05, 4.69) is 15.2 Å². The van der Waals surface area contributed by atoms with Crippen LogP contribution in [-0.2, 0) is 0 Å². The van der Waals surface area contributed by atoms with Gasteiger partial charge in [-0.05, 0) is 6.08 Å². The van der Waals surface area contributed by atoms with E-state index < -0.39 is 0 Å². The van der Waals surface area contributed by atoms with Crippen LogP contribution in [0.4, 0.5) is 0 Å². The number of allylic oxidation sites excluding steroid dienone is 1. The fourth-order valence-corrected chi connectivity index (χ4v) is 0.827. The van der Waals surface area contributed by atoms with Crippen molar-refractivity contribution >= 4 is 6.21 Å². The summed E-state index contributed by atoms with van der Waals surface area (Å²) in [7, 11) is 0. The maximum atomic E-state index is 3.94. The molecule has 0 aromatic rings. The second-order valence-corrected chi connectivity index (χ2v) is 1.98. The van der Waals surface area contributed by atoms with Crippen molar-refractivity contribution in [1.82, 2.24) is 4.90 Å². The monoisotopic (exact) mass is 134 g/mol. The summed E-state index contributed by atoms with van der Waals surface area (Å²) in [5.41, 5.74) is 0. The van der Waals surface area contributed by atoms with E-state index in [1.165, 1.54) is 0 Å². The molecule has 0 aliphatic carbocycles. The zero-order chi connectivity index (χ0) is 6.81. The SMILES string of the molecule is C1=CN2CN=NC2=CN=C1. The molecular weight excluding hydrogens is 128 g/mol. The summed E-state index contributed by atoms with van der Waals surface area (Å²) in [6.07, 6.45) is 7.18. The molecule has 4 nitrogen and oxygen atoms in total. The van der Waals surface area contributed by atoms with Gasteiger partial charge < -0.3 is 4.90 Å². The van der Waals surface area contributed by atoms with Crippen LogP contribution >= 0.6 is 0 Å². The van der Waals surface area contributed by atoms with Crippen molar-refractivity contribution in [3.8, 4) is 0 Å². The van der Waals surface area contributed by atoms with Crippen LogP contribution in [-0.4, -0.2) is 17.8 Å². The van der Waals surface area contributed by atoms with Crippen LogP contribution in [0, 0.1) is 0 Å². The summed E-state index contributed by atoms with van der Waals surface area (Å²) < 4.78 is 0. The predicted octanol–water partition coefficient (Wildman–Crippen LogP) is 1.11. The molecule has 0 atom stereocenters. The lowest BCUT2D eigenvalue weighted by atomic mass is 10.6. The van der Waals surface area contributed by atoms with Crippen LogP contribution in [0.2, 0.25) is 0 Å². The molecule has 2 rings (SSSR count). The van der Waals surface area contributed by atoms with Gasteiger partial charge in [-0.1, -0.05) is 0 Å². The number of azo groups is 1. The second-order valence-electron chi connectivity index (χ2n) is 1.98. The molecule has 4 heteroatoms. The van der Waals surface area contributed by atoms with Gasteiger partial charge in [0.2, 0.25) is 0 Å². The third-order valence-electron chi connectivity index (χ3n) is 1.31. The first kappa shape index (κ1) is 5.34. The summed E-state index contributed by atoms with van der Waals surface area (Å²) in [5.74, 6) is 0.810. The lowest BCUT2D eigenvalue weighted by Crippen LogP contribution is -2.08. The minimum atomic E-state index is 0.617. The Morgan fingerprint density at radius 1 is 1.50 bits per heavy atom. The van der Waals surface area contributed by atoms with Gasteiger partial charge in [0.05, 0.1) is 6.20 Å². The molecule has 0 saturated carbocycles. The van der Waals surface area contributed by atoms with Crippen LogP contribution in [0.3, 0.4) is 0 Å². The van der Waals surface area contributed by atoms with Crippen LogP contribution in [0.25, 0.3) is 0 Å². The predicted molar refractivity (Wildman–Crippen MR) is 37.3 cm³/mol. The highest BCUT2D eigenvalue weighted by Gasteiger charge is 2.10. The highest BCUT2D eigenvalue weighted by atomic mass is 15.4. The van der Waals surface area contributed by atoms with Crippen molar-refractivity contribution in [1.29, 1.82) is 0 Å². The van der Waals surface area contributed by atoms with Crippen molar-refractivity contribution in [3.05, 3.63) is 24.3 Å². The lowest BCUT2D eigenvalue weighted by Gasteiger charge is -2.06. The molecule has 0 radical (unpaired) electrons. The van der Waals surface area contributed by atoms with Gasteiger partial charge in [0.25, 0.3) is 0 Å².